The van der Waals surface area contributed by atoms with Gasteiger partial charge in [-0.1, -0.05) is 12.1 Å². The van der Waals surface area contributed by atoms with E-state index in [1.165, 1.54) is 12.1 Å². The van der Waals surface area contributed by atoms with Crippen LogP contribution in [0, 0.1) is 10.1 Å². The maximum absolute atomic E-state index is 11.7. The molecule has 1 aromatic rings. The zero-order valence-electron chi connectivity index (χ0n) is 12.9. The number of benzene rings is 1. The molecule has 11 heteroatoms. The molecule has 1 unspecified atom stereocenters. The zero-order chi connectivity index (χ0) is 18.8. The van der Waals surface area contributed by atoms with E-state index in [9.17, 15) is 24.5 Å². The highest BCUT2D eigenvalue weighted by molar-refractivity contribution is 5.81. The first kappa shape index (κ1) is 19.7. The van der Waals surface area contributed by atoms with Gasteiger partial charge in [-0.3, -0.25) is 4.79 Å². The zero-order valence-corrected chi connectivity index (χ0v) is 12.9. The van der Waals surface area contributed by atoms with Crippen LogP contribution < -0.4 is 10.1 Å². The summed E-state index contributed by atoms with van der Waals surface area (Å²) in [6, 6.07) is 4.66. The minimum Gasteiger partial charge on any atom is -0.481 e. The van der Waals surface area contributed by atoms with Crippen molar-refractivity contribution in [3.05, 3.63) is 39.9 Å². The molecule has 0 bridgehead atoms. The normalized spacial score (nSPS) is 11.2. The first-order valence-corrected chi connectivity index (χ1v) is 7.07. The highest BCUT2D eigenvalue weighted by Crippen LogP contribution is 2.14. The Bertz CT molecular complexity index is 647. The minimum atomic E-state index is -1.40. The van der Waals surface area contributed by atoms with Crippen LogP contribution in [0.2, 0.25) is 0 Å². The Morgan fingerprint density at radius 2 is 2.00 bits per heavy atom. The van der Waals surface area contributed by atoms with Crippen LogP contribution in [0.5, 0.6) is 5.75 Å². The van der Waals surface area contributed by atoms with E-state index < -0.39 is 35.6 Å². The average Bonchev–Trinajstić information content (AvgIpc) is 2.51. The summed E-state index contributed by atoms with van der Waals surface area (Å²) in [5.41, 5.74) is 0.604. The number of nitrogens with zero attached hydrogens (tertiary/aromatic N) is 1. The maximum Gasteiger partial charge on any atom is 0.413 e. The van der Waals surface area contributed by atoms with Gasteiger partial charge in [0.15, 0.2) is 0 Å². The lowest BCUT2D eigenvalue weighted by Gasteiger charge is -2.13. The second kappa shape index (κ2) is 9.70. The topological polar surface area (TPSA) is 165 Å². The number of ether oxygens (including phenoxy) is 1. The van der Waals surface area contributed by atoms with Crippen LogP contribution in [-0.4, -0.2) is 46.0 Å². The minimum absolute atomic E-state index is 0.0958. The van der Waals surface area contributed by atoms with Gasteiger partial charge in [-0.05, 0) is 30.5 Å². The van der Waals surface area contributed by atoms with Crippen molar-refractivity contribution in [1.29, 1.82) is 0 Å². The Morgan fingerprint density at radius 1 is 1.28 bits per heavy atom. The number of carboxylic acid groups (broad SMARTS) is 2. The molecule has 0 saturated heterocycles. The van der Waals surface area contributed by atoms with Gasteiger partial charge in [-0.25, -0.2) is 9.59 Å². The van der Waals surface area contributed by atoms with Gasteiger partial charge in [-0.15, -0.1) is 10.1 Å². The Hall–Kier alpha value is -3.37. The third-order valence-corrected chi connectivity index (χ3v) is 2.93. The summed E-state index contributed by atoms with van der Waals surface area (Å²) in [5, 5.41) is 28.7. The van der Waals surface area contributed by atoms with Crippen molar-refractivity contribution in [2.24, 2.45) is 0 Å². The average molecular weight is 356 g/mol. The van der Waals surface area contributed by atoms with E-state index in [-0.39, 0.29) is 25.2 Å². The Morgan fingerprint density at radius 3 is 2.60 bits per heavy atom. The van der Waals surface area contributed by atoms with Crippen LogP contribution in [0.3, 0.4) is 0 Å². The van der Waals surface area contributed by atoms with E-state index in [4.69, 9.17) is 14.9 Å². The molecule has 136 valence electrons. The first-order valence-electron chi connectivity index (χ1n) is 7.07. The van der Waals surface area contributed by atoms with Gasteiger partial charge in [0.1, 0.15) is 18.4 Å². The predicted molar refractivity (Wildman–Crippen MR) is 80.5 cm³/mol. The molecule has 25 heavy (non-hydrogen) atoms. The lowest BCUT2D eigenvalue weighted by atomic mass is 10.1. The fourth-order valence-corrected chi connectivity index (χ4v) is 1.81. The van der Waals surface area contributed by atoms with Crippen LogP contribution in [0.15, 0.2) is 24.3 Å². The molecule has 1 amide bonds. The summed E-state index contributed by atoms with van der Waals surface area (Å²) in [4.78, 5) is 47.5. The van der Waals surface area contributed by atoms with Gasteiger partial charge in [0.25, 0.3) is 5.09 Å². The molecule has 11 nitrogen and oxygen atoms in total. The fourth-order valence-electron chi connectivity index (χ4n) is 1.81. The number of carbonyl (C=O) groups excluding carboxylic acids is 1. The summed E-state index contributed by atoms with van der Waals surface area (Å²) in [5.74, 6) is -2.48. The Labute approximate surface area is 141 Å². The SMILES string of the molecule is O=C(O)CCC(NC(=O)Oc1cccc(CCO[N+](=O)[O-])c1)C(=O)O. The quantitative estimate of drug-likeness (QED) is 0.407. The maximum atomic E-state index is 11.7. The number of amides is 1. The van der Waals surface area contributed by atoms with Gasteiger partial charge in [-0.2, -0.15) is 0 Å². The van der Waals surface area contributed by atoms with Crippen LogP contribution >= 0.6 is 0 Å². The molecular formula is C14H16N2O9. The molecule has 0 aliphatic heterocycles. The molecule has 0 spiro atoms. The number of rotatable bonds is 10. The second-order valence-electron chi connectivity index (χ2n) is 4.81. The van der Waals surface area contributed by atoms with E-state index in [1.54, 1.807) is 12.1 Å². The van der Waals surface area contributed by atoms with Crippen molar-refractivity contribution in [1.82, 2.24) is 5.32 Å². The third-order valence-electron chi connectivity index (χ3n) is 2.93. The highest BCUT2D eigenvalue weighted by Gasteiger charge is 2.22. The largest absolute Gasteiger partial charge is 0.481 e. The summed E-state index contributed by atoms with van der Waals surface area (Å²) >= 11 is 0. The van der Waals surface area contributed by atoms with Gasteiger partial charge < -0.3 is 25.1 Å². The van der Waals surface area contributed by atoms with Crippen molar-refractivity contribution in [3.63, 3.8) is 0 Å². The molecule has 0 aromatic heterocycles. The molecule has 0 radical (unpaired) electrons. The molecule has 0 heterocycles. The van der Waals surface area contributed by atoms with Crippen molar-refractivity contribution in [2.75, 3.05) is 6.61 Å². The Balaban J connectivity index is 2.58. The van der Waals surface area contributed by atoms with Crippen molar-refractivity contribution >= 4 is 18.0 Å². The monoisotopic (exact) mass is 356 g/mol. The molecule has 1 aromatic carbocycles. The van der Waals surface area contributed by atoms with Crippen LogP contribution in [0.4, 0.5) is 4.79 Å². The summed E-state index contributed by atoms with van der Waals surface area (Å²) < 4.78 is 4.93. The smallest absolute Gasteiger partial charge is 0.413 e. The molecule has 1 atom stereocenters. The molecule has 0 saturated carbocycles. The van der Waals surface area contributed by atoms with E-state index >= 15 is 0 Å². The Kier molecular flexibility index (Phi) is 7.63. The molecule has 3 N–H and O–H groups in total. The number of nitrogens with one attached hydrogen (secondary N) is 1. The number of carbonyl (C=O) groups is 3. The van der Waals surface area contributed by atoms with Gasteiger partial charge in [0.2, 0.25) is 0 Å². The van der Waals surface area contributed by atoms with Crippen LogP contribution in [0.1, 0.15) is 18.4 Å². The standard InChI is InChI=1S/C14H16N2O9/c17-12(18)5-4-11(13(19)20)15-14(21)25-10-3-1-2-9(8-10)6-7-24-16(22)23/h1-3,8,11H,4-7H2,(H,15,21)(H,17,18)(H,19,20). The van der Waals surface area contributed by atoms with Crippen molar-refractivity contribution in [2.45, 2.75) is 25.3 Å². The number of aliphatic carboxylic acids is 2. The number of carboxylic acids is 2. The fraction of sp³-hybridized carbons (Fsp3) is 0.357. The van der Waals surface area contributed by atoms with E-state index in [1.807, 2.05) is 0 Å². The summed E-state index contributed by atoms with van der Waals surface area (Å²) in [6.07, 6.45) is -1.58. The lowest BCUT2D eigenvalue weighted by molar-refractivity contribution is -0.757. The predicted octanol–water partition coefficient (Wildman–Crippen LogP) is 0.844. The molecule has 0 aliphatic rings. The van der Waals surface area contributed by atoms with Crippen molar-refractivity contribution in [3.8, 4) is 5.75 Å². The van der Waals surface area contributed by atoms with E-state index in [0.29, 0.717) is 5.56 Å². The highest BCUT2D eigenvalue weighted by atomic mass is 16.9. The molecule has 0 aliphatic carbocycles. The van der Waals surface area contributed by atoms with Gasteiger partial charge >= 0.3 is 18.0 Å². The van der Waals surface area contributed by atoms with Gasteiger partial charge in [0.05, 0.1) is 0 Å². The van der Waals surface area contributed by atoms with Crippen LogP contribution in [-0.2, 0) is 20.8 Å². The van der Waals surface area contributed by atoms with Gasteiger partial charge in [0, 0.05) is 6.42 Å². The number of hydrogen-bond donors (Lipinski definition) is 3. The number of hydrogen-bond acceptors (Lipinski definition) is 7. The van der Waals surface area contributed by atoms with E-state index in [0.717, 1.165) is 0 Å². The van der Waals surface area contributed by atoms with Crippen molar-refractivity contribution < 1.29 is 39.3 Å². The lowest BCUT2D eigenvalue weighted by Crippen LogP contribution is -2.42. The molecular weight excluding hydrogens is 340 g/mol. The third kappa shape index (κ3) is 8.16. The second-order valence-corrected chi connectivity index (χ2v) is 4.81. The van der Waals surface area contributed by atoms with Crippen LogP contribution in [0.25, 0.3) is 0 Å². The summed E-state index contributed by atoms with van der Waals surface area (Å²) in [7, 11) is 0. The van der Waals surface area contributed by atoms with E-state index in [2.05, 4.69) is 10.2 Å². The molecule has 0 fully saturated rings. The molecule has 1 rings (SSSR count). The first-order chi connectivity index (χ1) is 11.8. The summed E-state index contributed by atoms with van der Waals surface area (Å²) in [6.45, 7) is -0.168.